The molecule has 1 aromatic carbocycles. The average molecular weight is 271 g/mol. The molecule has 2 nitrogen and oxygen atoms in total. The molecule has 0 aromatic heterocycles. The standard InChI is InChI=1S/C18H25NO/c1-20-18-9-7-15-6-8-17(12-16(15)13-18)19-11-10-14-4-2-3-5-14/h4,7,9,13,17,19H,2-3,5-6,8,10-12H2,1H3. The topological polar surface area (TPSA) is 21.3 Å². The van der Waals surface area contributed by atoms with Crippen molar-refractivity contribution in [2.75, 3.05) is 13.7 Å². The third-order valence-corrected chi connectivity index (χ3v) is 4.66. The van der Waals surface area contributed by atoms with E-state index >= 15 is 0 Å². The van der Waals surface area contributed by atoms with Crippen molar-refractivity contribution in [2.24, 2.45) is 0 Å². The van der Waals surface area contributed by atoms with Gasteiger partial charge in [-0.1, -0.05) is 17.7 Å². The fourth-order valence-corrected chi connectivity index (χ4v) is 3.44. The lowest BCUT2D eigenvalue weighted by molar-refractivity contribution is 0.411. The third kappa shape index (κ3) is 3.24. The summed E-state index contributed by atoms with van der Waals surface area (Å²) < 4.78 is 5.34. The first kappa shape index (κ1) is 13.7. The lowest BCUT2D eigenvalue weighted by Crippen LogP contribution is -2.35. The SMILES string of the molecule is COc1ccc2c(c1)CC(NCCC1=CCCC1)CC2. The Balaban J connectivity index is 1.52. The van der Waals surface area contributed by atoms with Crippen molar-refractivity contribution in [3.05, 3.63) is 41.0 Å². The molecule has 0 radical (unpaired) electrons. The second-order valence-electron chi connectivity index (χ2n) is 6.03. The highest BCUT2D eigenvalue weighted by molar-refractivity contribution is 5.37. The predicted octanol–water partition coefficient (Wildman–Crippen LogP) is 3.64. The molecule has 2 heteroatoms. The molecule has 0 spiro atoms. The number of methoxy groups -OCH3 is 1. The lowest BCUT2D eigenvalue weighted by Gasteiger charge is -2.26. The monoisotopic (exact) mass is 271 g/mol. The molecule has 0 bridgehead atoms. The van der Waals surface area contributed by atoms with Crippen LogP contribution < -0.4 is 10.1 Å². The fourth-order valence-electron chi connectivity index (χ4n) is 3.44. The van der Waals surface area contributed by atoms with E-state index in [2.05, 4.69) is 29.6 Å². The van der Waals surface area contributed by atoms with Gasteiger partial charge in [0.05, 0.1) is 7.11 Å². The predicted molar refractivity (Wildman–Crippen MR) is 83.4 cm³/mol. The van der Waals surface area contributed by atoms with Gasteiger partial charge in [-0.3, -0.25) is 0 Å². The van der Waals surface area contributed by atoms with Gasteiger partial charge in [0, 0.05) is 6.04 Å². The molecule has 0 saturated carbocycles. The number of aryl methyl sites for hydroxylation is 1. The zero-order chi connectivity index (χ0) is 13.8. The first-order valence-electron chi connectivity index (χ1n) is 7.92. The maximum absolute atomic E-state index is 5.34. The summed E-state index contributed by atoms with van der Waals surface area (Å²) in [5.41, 5.74) is 4.63. The molecule has 20 heavy (non-hydrogen) atoms. The minimum absolute atomic E-state index is 0.636. The minimum Gasteiger partial charge on any atom is -0.497 e. The first-order chi connectivity index (χ1) is 9.85. The summed E-state index contributed by atoms with van der Waals surface area (Å²) in [5.74, 6) is 0.987. The van der Waals surface area contributed by atoms with Gasteiger partial charge in [-0.25, -0.2) is 0 Å². The molecule has 0 saturated heterocycles. The molecule has 108 valence electrons. The summed E-state index contributed by atoms with van der Waals surface area (Å²) in [6.45, 7) is 1.13. The molecule has 2 aliphatic rings. The Labute approximate surface area is 122 Å². The summed E-state index contributed by atoms with van der Waals surface area (Å²) in [6.07, 6.45) is 11.3. The number of nitrogens with one attached hydrogen (secondary N) is 1. The van der Waals surface area contributed by atoms with Crippen LogP contribution in [-0.4, -0.2) is 19.7 Å². The minimum atomic E-state index is 0.636. The molecular formula is C18H25NO. The largest absolute Gasteiger partial charge is 0.497 e. The van der Waals surface area contributed by atoms with Gasteiger partial charge in [0.25, 0.3) is 0 Å². The van der Waals surface area contributed by atoms with Gasteiger partial charge in [-0.05, 0) is 74.8 Å². The van der Waals surface area contributed by atoms with Crippen molar-refractivity contribution in [2.45, 2.75) is 51.0 Å². The molecule has 0 heterocycles. The molecule has 1 N–H and O–H groups in total. The van der Waals surface area contributed by atoms with Gasteiger partial charge in [-0.15, -0.1) is 0 Å². The molecule has 3 rings (SSSR count). The van der Waals surface area contributed by atoms with Crippen molar-refractivity contribution in [3.8, 4) is 5.75 Å². The van der Waals surface area contributed by atoms with Crippen LogP contribution in [0, 0.1) is 0 Å². The smallest absolute Gasteiger partial charge is 0.119 e. The highest BCUT2D eigenvalue weighted by atomic mass is 16.5. The summed E-state index contributed by atoms with van der Waals surface area (Å²) in [7, 11) is 1.75. The lowest BCUT2D eigenvalue weighted by atomic mass is 9.88. The summed E-state index contributed by atoms with van der Waals surface area (Å²) in [6, 6.07) is 7.16. The van der Waals surface area contributed by atoms with Crippen LogP contribution in [0.15, 0.2) is 29.8 Å². The van der Waals surface area contributed by atoms with Gasteiger partial charge in [-0.2, -0.15) is 0 Å². The Kier molecular flexibility index (Phi) is 4.41. The van der Waals surface area contributed by atoms with E-state index < -0.39 is 0 Å². The van der Waals surface area contributed by atoms with Crippen LogP contribution in [0.3, 0.4) is 0 Å². The third-order valence-electron chi connectivity index (χ3n) is 4.66. The van der Waals surface area contributed by atoms with Crippen LogP contribution in [0.5, 0.6) is 5.75 Å². The van der Waals surface area contributed by atoms with E-state index in [0.29, 0.717) is 6.04 Å². The summed E-state index contributed by atoms with van der Waals surface area (Å²) in [4.78, 5) is 0. The molecule has 0 fully saturated rings. The Hall–Kier alpha value is -1.28. The van der Waals surface area contributed by atoms with E-state index in [1.165, 1.54) is 49.7 Å². The van der Waals surface area contributed by atoms with E-state index in [-0.39, 0.29) is 0 Å². The van der Waals surface area contributed by atoms with Gasteiger partial charge in [0.2, 0.25) is 0 Å². The number of fused-ring (bicyclic) bond motifs is 1. The van der Waals surface area contributed by atoms with Crippen LogP contribution in [-0.2, 0) is 12.8 Å². The van der Waals surface area contributed by atoms with E-state index in [0.717, 1.165) is 18.7 Å². The maximum atomic E-state index is 5.34. The van der Waals surface area contributed by atoms with Gasteiger partial charge >= 0.3 is 0 Å². The number of benzene rings is 1. The van der Waals surface area contributed by atoms with Crippen LogP contribution in [0.4, 0.5) is 0 Å². The van der Waals surface area contributed by atoms with Crippen LogP contribution in [0.1, 0.15) is 43.2 Å². The zero-order valence-electron chi connectivity index (χ0n) is 12.5. The molecule has 1 unspecified atom stereocenters. The number of rotatable bonds is 5. The van der Waals surface area contributed by atoms with Crippen molar-refractivity contribution >= 4 is 0 Å². The number of ether oxygens (including phenoxy) is 1. The summed E-state index contributed by atoms with van der Waals surface area (Å²) >= 11 is 0. The second kappa shape index (κ2) is 6.45. The van der Waals surface area contributed by atoms with Crippen LogP contribution >= 0.6 is 0 Å². The zero-order valence-corrected chi connectivity index (χ0v) is 12.5. The summed E-state index contributed by atoms with van der Waals surface area (Å²) in [5, 5.41) is 3.75. The molecular weight excluding hydrogens is 246 g/mol. The highest BCUT2D eigenvalue weighted by Crippen LogP contribution is 2.26. The van der Waals surface area contributed by atoms with E-state index in [9.17, 15) is 0 Å². The Morgan fingerprint density at radius 2 is 2.20 bits per heavy atom. The average Bonchev–Trinajstić information content (AvgIpc) is 3.00. The van der Waals surface area contributed by atoms with Crippen molar-refractivity contribution in [3.63, 3.8) is 0 Å². The van der Waals surface area contributed by atoms with Crippen molar-refractivity contribution in [1.82, 2.24) is 5.32 Å². The Bertz CT molecular complexity index is 492. The number of hydrogen-bond donors (Lipinski definition) is 1. The van der Waals surface area contributed by atoms with Crippen molar-refractivity contribution < 1.29 is 4.74 Å². The Morgan fingerprint density at radius 1 is 1.25 bits per heavy atom. The molecule has 1 atom stereocenters. The van der Waals surface area contributed by atoms with Crippen molar-refractivity contribution in [1.29, 1.82) is 0 Å². The Morgan fingerprint density at radius 3 is 3.00 bits per heavy atom. The van der Waals surface area contributed by atoms with Gasteiger partial charge in [0.15, 0.2) is 0 Å². The maximum Gasteiger partial charge on any atom is 0.119 e. The fraction of sp³-hybridized carbons (Fsp3) is 0.556. The number of allylic oxidation sites excluding steroid dienone is 1. The van der Waals surface area contributed by atoms with E-state index in [1.807, 2.05) is 0 Å². The molecule has 1 aromatic rings. The first-order valence-corrected chi connectivity index (χ1v) is 7.92. The highest BCUT2D eigenvalue weighted by Gasteiger charge is 2.18. The normalized spacial score (nSPS) is 21.4. The second-order valence-corrected chi connectivity index (χ2v) is 6.03. The number of hydrogen-bond acceptors (Lipinski definition) is 2. The van der Waals surface area contributed by atoms with Gasteiger partial charge in [0.1, 0.15) is 5.75 Å². The van der Waals surface area contributed by atoms with E-state index in [4.69, 9.17) is 4.74 Å². The van der Waals surface area contributed by atoms with Crippen LogP contribution in [0.2, 0.25) is 0 Å². The quantitative estimate of drug-likeness (QED) is 0.826. The van der Waals surface area contributed by atoms with Gasteiger partial charge < -0.3 is 10.1 Å². The van der Waals surface area contributed by atoms with E-state index in [1.54, 1.807) is 12.7 Å². The van der Waals surface area contributed by atoms with Crippen LogP contribution in [0.25, 0.3) is 0 Å². The molecule has 0 aliphatic heterocycles. The molecule has 0 amide bonds. The molecule has 2 aliphatic carbocycles.